The zero-order valence-electron chi connectivity index (χ0n) is 17.5. The first-order valence-electron chi connectivity index (χ1n) is 10.5. The number of hydrogen-bond acceptors (Lipinski definition) is 3. The molecule has 1 fully saturated rings. The number of hydrogen-bond donors (Lipinski definition) is 0. The van der Waals surface area contributed by atoms with E-state index in [0.29, 0.717) is 26.1 Å². The van der Waals surface area contributed by atoms with Gasteiger partial charge in [0.2, 0.25) is 11.8 Å². The maximum absolute atomic E-state index is 13.9. The van der Waals surface area contributed by atoms with Crippen molar-refractivity contribution in [2.75, 3.05) is 24.5 Å². The molecule has 5 heteroatoms. The third-order valence-corrected chi connectivity index (χ3v) is 6.70. The third-order valence-electron chi connectivity index (χ3n) is 6.70. The lowest BCUT2D eigenvalue weighted by atomic mass is 9.40. The van der Waals surface area contributed by atoms with Gasteiger partial charge in [-0.25, -0.2) is 0 Å². The van der Waals surface area contributed by atoms with Crippen LogP contribution in [0.4, 0.5) is 5.69 Å². The molecule has 0 aromatic heterocycles. The Kier molecular flexibility index (Phi) is 5.52. The Bertz CT molecular complexity index is 808. The summed E-state index contributed by atoms with van der Waals surface area (Å²) in [6.07, 6.45) is 2.83. The van der Waals surface area contributed by atoms with E-state index in [1.165, 1.54) is 0 Å². The van der Waals surface area contributed by atoms with Crippen molar-refractivity contribution in [1.82, 2.24) is 4.90 Å². The normalized spacial score (nSPS) is 28.0. The van der Waals surface area contributed by atoms with Crippen molar-refractivity contribution in [2.24, 2.45) is 11.3 Å². The van der Waals surface area contributed by atoms with Gasteiger partial charge in [-0.3, -0.25) is 9.59 Å². The molecule has 1 heterocycles. The van der Waals surface area contributed by atoms with E-state index in [2.05, 4.69) is 6.07 Å². The van der Waals surface area contributed by atoms with Gasteiger partial charge in [-0.1, -0.05) is 45.9 Å². The molecular formula is C23H31N3O2. The number of carbonyl (C=O) groups excluding carboxylic acids is 2. The number of anilines is 1. The molecule has 2 amide bonds. The fourth-order valence-corrected chi connectivity index (χ4v) is 5.25. The number of nitrogens with zero attached hydrogens (tertiary/aromatic N) is 3. The number of para-hydroxylation sites is 1. The molecule has 0 bridgehead atoms. The second-order valence-electron chi connectivity index (χ2n) is 8.26. The van der Waals surface area contributed by atoms with E-state index in [1.807, 2.05) is 56.9 Å². The van der Waals surface area contributed by atoms with Crippen molar-refractivity contribution in [3.05, 3.63) is 29.8 Å². The Morgan fingerprint density at radius 1 is 1.21 bits per heavy atom. The van der Waals surface area contributed by atoms with Gasteiger partial charge in [0.25, 0.3) is 0 Å². The lowest BCUT2D eigenvalue weighted by Crippen LogP contribution is -2.74. The molecule has 3 atom stereocenters. The molecule has 0 spiro atoms. The molecule has 1 aliphatic carbocycles. The highest BCUT2D eigenvalue weighted by Gasteiger charge is 2.75. The van der Waals surface area contributed by atoms with Crippen LogP contribution in [0, 0.1) is 22.7 Å². The molecule has 150 valence electrons. The average Bonchev–Trinajstić information content (AvgIpc) is 2.70. The van der Waals surface area contributed by atoms with Crippen LogP contribution in [0.1, 0.15) is 58.9 Å². The maximum atomic E-state index is 13.9. The molecule has 3 rings (SSSR count). The van der Waals surface area contributed by atoms with Crippen LogP contribution in [-0.2, 0) is 15.0 Å². The van der Waals surface area contributed by atoms with Crippen LogP contribution in [0.15, 0.2) is 24.3 Å². The van der Waals surface area contributed by atoms with Gasteiger partial charge in [0.1, 0.15) is 5.41 Å². The molecular weight excluding hydrogens is 350 g/mol. The average molecular weight is 382 g/mol. The van der Waals surface area contributed by atoms with E-state index in [9.17, 15) is 14.9 Å². The first-order chi connectivity index (χ1) is 13.4. The summed E-state index contributed by atoms with van der Waals surface area (Å²) in [7, 11) is 0. The van der Waals surface area contributed by atoms with Crippen LogP contribution in [0.3, 0.4) is 0 Å². The first kappa shape index (κ1) is 20.4. The summed E-state index contributed by atoms with van der Waals surface area (Å²) < 4.78 is 0. The molecule has 1 aromatic carbocycles. The molecule has 0 radical (unpaired) electrons. The van der Waals surface area contributed by atoms with Gasteiger partial charge in [-0.05, 0) is 37.3 Å². The summed E-state index contributed by atoms with van der Waals surface area (Å²) in [6, 6.07) is 10.2. The second kappa shape index (κ2) is 7.58. The van der Waals surface area contributed by atoms with E-state index >= 15 is 0 Å². The first-order valence-corrected chi connectivity index (χ1v) is 10.5. The molecule has 1 saturated carbocycles. The smallest absolute Gasteiger partial charge is 0.243 e. The Morgan fingerprint density at radius 2 is 1.86 bits per heavy atom. The summed E-state index contributed by atoms with van der Waals surface area (Å²) in [5.41, 5.74) is -0.127. The van der Waals surface area contributed by atoms with Crippen molar-refractivity contribution >= 4 is 17.5 Å². The molecule has 5 nitrogen and oxygen atoms in total. The van der Waals surface area contributed by atoms with Crippen molar-refractivity contribution in [2.45, 2.75) is 58.8 Å². The number of carbonyl (C=O) groups is 2. The SMILES string of the molecule is CCCN(CCC)C(=O)[C@]12CC(C#N)[C@@]1(C)c1ccccc1N(CCC)C2=O. The van der Waals surface area contributed by atoms with Crippen LogP contribution in [0.2, 0.25) is 0 Å². The van der Waals surface area contributed by atoms with Crippen molar-refractivity contribution in [1.29, 1.82) is 5.26 Å². The van der Waals surface area contributed by atoms with Crippen LogP contribution in [-0.4, -0.2) is 36.3 Å². The lowest BCUT2D eigenvalue weighted by Gasteiger charge is -2.63. The van der Waals surface area contributed by atoms with Gasteiger partial charge in [0.05, 0.1) is 12.0 Å². The highest BCUT2D eigenvalue weighted by Crippen LogP contribution is 2.66. The van der Waals surface area contributed by atoms with Crippen LogP contribution < -0.4 is 4.90 Å². The standard InChI is InChI=1S/C23H31N3O2/c1-5-12-25(13-6-2)20(27)23-15-17(16-24)22(23,4)18-10-8-9-11-19(18)26(14-7-3)21(23)28/h8-11,17H,5-7,12-15H2,1-4H3/t17?,22-,23-/m0/s1. The van der Waals surface area contributed by atoms with Gasteiger partial charge in [-0.2, -0.15) is 5.26 Å². The summed E-state index contributed by atoms with van der Waals surface area (Å²) >= 11 is 0. The quantitative estimate of drug-likeness (QED) is 0.673. The van der Waals surface area contributed by atoms with Crippen LogP contribution in [0.25, 0.3) is 0 Å². The number of rotatable bonds is 7. The number of benzene rings is 1. The summed E-state index contributed by atoms with van der Waals surface area (Å²) in [4.78, 5) is 31.4. The minimum absolute atomic E-state index is 0.0918. The van der Waals surface area contributed by atoms with E-state index in [1.54, 1.807) is 4.90 Å². The fraction of sp³-hybridized carbons (Fsp3) is 0.609. The summed E-state index contributed by atoms with van der Waals surface area (Å²) in [5, 5.41) is 9.81. The molecule has 1 unspecified atom stereocenters. The molecule has 28 heavy (non-hydrogen) atoms. The van der Waals surface area contributed by atoms with E-state index < -0.39 is 10.8 Å². The van der Waals surface area contributed by atoms with Gasteiger partial charge in [0, 0.05) is 30.7 Å². The predicted molar refractivity (Wildman–Crippen MR) is 110 cm³/mol. The topological polar surface area (TPSA) is 64.4 Å². The molecule has 2 aliphatic rings. The Labute approximate surface area is 168 Å². The number of nitriles is 1. The molecule has 0 saturated heterocycles. The van der Waals surface area contributed by atoms with Crippen molar-refractivity contribution < 1.29 is 9.59 Å². The largest absolute Gasteiger partial charge is 0.342 e. The number of fused-ring (bicyclic) bond motifs is 3. The Morgan fingerprint density at radius 3 is 2.43 bits per heavy atom. The highest BCUT2D eigenvalue weighted by atomic mass is 16.2. The molecule has 1 aromatic rings. The van der Waals surface area contributed by atoms with Crippen LogP contribution in [0.5, 0.6) is 0 Å². The minimum atomic E-state index is -1.17. The molecule has 1 aliphatic heterocycles. The summed E-state index contributed by atoms with van der Waals surface area (Å²) in [6.45, 7) is 9.96. The Balaban J connectivity index is 2.20. The van der Waals surface area contributed by atoms with Crippen molar-refractivity contribution in [3.63, 3.8) is 0 Å². The lowest BCUT2D eigenvalue weighted by molar-refractivity contribution is -0.171. The highest BCUT2D eigenvalue weighted by molar-refractivity contribution is 6.17. The van der Waals surface area contributed by atoms with Gasteiger partial charge in [0.15, 0.2) is 0 Å². The van der Waals surface area contributed by atoms with E-state index in [-0.39, 0.29) is 17.7 Å². The second-order valence-corrected chi connectivity index (χ2v) is 8.26. The predicted octanol–water partition coefficient (Wildman–Crippen LogP) is 3.88. The van der Waals surface area contributed by atoms with E-state index in [4.69, 9.17) is 0 Å². The monoisotopic (exact) mass is 381 g/mol. The van der Waals surface area contributed by atoms with E-state index in [0.717, 1.165) is 30.5 Å². The summed E-state index contributed by atoms with van der Waals surface area (Å²) in [5.74, 6) is -0.550. The van der Waals surface area contributed by atoms with Crippen molar-refractivity contribution in [3.8, 4) is 6.07 Å². The number of amides is 2. The molecule has 0 N–H and O–H groups in total. The zero-order chi connectivity index (χ0) is 20.5. The Hall–Kier alpha value is -2.35. The van der Waals surface area contributed by atoms with Crippen LogP contribution >= 0.6 is 0 Å². The fourth-order valence-electron chi connectivity index (χ4n) is 5.25. The van der Waals surface area contributed by atoms with Gasteiger partial charge < -0.3 is 9.80 Å². The zero-order valence-corrected chi connectivity index (χ0v) is 17.5. The van der Waals surface area contributed by atoms with Gasteiger partial charge >= 0.3 is 0 Å². The maximum Gasteiger partial charge on any atom is 0.243 e. The van der Waals surface area contributed by atoms with Gasteiger partial charge in [-0.15, -0.1) is 0 Å². The minimum Gasteiger partial charge on any atom is -0.342 e. The third kappa shape index (κ3) is 2.50.